The van der Waals surface area contributed by atoms with Crippen molar-refractivity contribution in [1.29, 1.82) is 0 Å². The first-order valence-corrected chi connectivity index (χ1v) is 5.56. The van der Waals surface area contributed by atoms with Gasteiger partial charge in [0.2, 0.25) is 5.91 Å². The largest absolute Gasteiger partial charge is 0.416 e. The van der Waals surface area contributed by atoms with Crippen molar-refractivity contribution in [3.8, 4) is 0 Å². The average molecular weight is 285 g/mol. The zero-order valence-corrected chi connectivity index (χ0v) is 10.3. The molecule has 2 aromatic heterocycles. The van der Waals surface area contributed by atoms with Crippen LogP contribution in [0.15, 0.2) is 31.0 Å². The van der Waals surface area contributed by atoms with Crippen molar-refractivity contribution in [2.45, 2.75) is 19.1 Å². The van der Waals surface area contributed by atoms with E-state index in [-0.39, 0.29) is 5.82 Å². The van der Waals surface area contributed by atoms with Gasteiger partial charge < -0.3 is 5.32 Å². The lowest BCUT2D eigenvalue weighted by Crippen LogP contribution is -2.24. The topological polar surface area (TPSA) is 72.7 Å². The fourth-order valence-electron chi connectivity index (χ4n) is 1.44. The number of hydrogen-bond donors (Lipinski definition) is 1. The van der Waals surface area contributed by atoms with Crippen LogP contribution in [0.4, 0.5) is 19.0 Å². The van der Waals surface area contributed by atoms with Crippen LogP contribution in [0.2, 0.25) is 0 Å². The smallest absolute Gasteiger partial charge is 0.309 e. The van der Waals surface area contributed by atoms with Gasteiger partial charge in [-0.1, -0.05) is 0 Å². The third-order valence-corrected chi connectivity index (χ3v) is 2.55. The summed E-state index contributed by atoms with van der Waals surface area (Å²) in [6.45, 7) is 1.54. The van der Waals surface area contributed by atoms with Crippen molar-refractivity contribution < 1.29 is 18.0 Å². The Morgan fingerprint density at radius 3 is 2.80 bits per heavy atom. The molecule has 0 bridgehead atoms. The number of hydrogen-bond acceptors (Lipinski definition) is 4. The van der Waals surface area contributed by atoms with Crippen LogP contribution in [-0.4, -0.2) is 25.7 Å². The second-order valence-electron chi connectivity index (χ2n) is 3.97. The number of amides is 1. The summed E-state index contributed by atoms with van der Waals surface area (Å²) in [5.41, 5.74) is -0.879. The van der Waals surface area contributed by atoms with Gasteiger partial charge in [0.05, 0.1) is 5.56 Å². The number of nitrogens with zero attached hydrogens (tertiary/aromatic N) is 4. The van der Waals surface area contributed by atoms with E-state index in [1.165, 1.54) is 24.3 Å². The van der Waals surface area contributed by atoms with Gasteiger partial charge in [-0.05, 0) is 19.1 Å². The molecule has 6 nitrogen and oxygen atoms in total. The van der Waals surface area contributed by atoms with E-state index in [2.05, 4.69) is 20.4 Å². The molecule has 0 aliphatic heterocycles. The molecule has 1 unspecified atom stereocenters. The molecule has 0 aromatic carbocycles. The molecule has 1 N–H and O–H groups in total. The molecule has 0 saturated heterocycles. The number of alkyl halides is 3. The van der Waals surface area contributed by atoms with Crippen molar-refractivity contribution in [1.82, 2.24) is 19.7 Å². The van der Waals surface area contributed by atoms with Gasteiger partial charge in [-0.3, -0.25) is 4.79 Å². The molecule has 0 spiro atoms. The van der Waals surface area contributed by atoms with Crippen LogP contribution < -0.4 is 5.32 Å². The number of aromatic nitrogens is 4. The van der Waals surface area contributed by atoms with E-state index in [9.17, 15) is 18.0 Å². The highest BCUT2D eigenvalue weighted by molar-refractivity contribution is 5.92. The van der Waals surface area contributed by atoms with Crippen molar-refractivity contribution in [3.05, 3.63) is 36.5 Å². The van der Waals surface area contributed by atoms with Crippen LogP contribution in [0.3, 0.4) is 0 Å². The Hall–Kier alpha value is -2.45. The average Bonchev–Trinajstić information content (AvgIpc) is 2.91. The highest BCUT2D eigenvalue weighted by Gasteiger charge is 2.31. The summed E-state index contributed by atoms with van der Waals surface area (Å²) in [7, 11) is 0. The van der Waals surface area contributed by atoms with Gasteiger partial charge in [-0.2, -0.15) is 18.3 Å². The Labute approximate surface area is 111 Å². The molecule has 0 saturated carbocycles. The predicted octanol–water partition coefficient (Wildman–Crippen LogP) is 1.89. The Morgan fingerprint density at radius 1 is 1.45 bits per heavy atom. The zero-order valence-electron chi connectivity index (χ0n) is 10.3. The van der Waals surface area contributed by atoms with Crippen molar-refractivity contribution in [2.75, 3.05) is 5.32 Å². The molecule has 0 aliphatic rings. The molecule has 0 radical (unpaired) electrons. The molecule has 2 heterocycles. The van der Waals surface area contributed by atoms with Crippen molar-refractivity contribution >= 4 is 11.7 Å². The van der Waals surface area contributed by atoms with Gasteiger partial charge in [-0.15, -0.1) is 0 Å². The van der Waals surface area contributed by atoms with Gasteiger partial charge in [0.15, 0.2) is 0 Å². The monoisotopic (exact) mass is 285 g/mol. The van der Waals surface area contributed by atoms with Crippen LogP contribution in [0, 0.1) is 0 Å². The normalized spacial score (nSPS) is 13.0. The highest BCUT2D eigenvalue weighted by atomic mass is 19.4. The second-order valence-corrected chi connectivity index (χ2v) is 3.97. The maximum absolute atomic E-state index is 12.5. The Morgan fingerprint density at radius 2 is 2.20 bits per heavy atom. The Bertz CT molecular complexity index is 596. The standard InChI is InChI=1S/C11H10F3N5O/c1-7(19-6-15-5-17-19)10(20)18-9-4-8(2-3-16-9)11(12,13)14/h2-7H,1H3,(H,16,18,20). The minimum absolute atomic E-state index is 0.170. The van der Waals surface area contributed by atoms with E-state index in [1.54, 1.807) is 0 Å². The molecule has 20 heavy (non-hydrogen) atoms. The molecular weight excluding hydrogens is 275 g/mol. The number of carbonyl (C=O) groups excluding carboxylic acids is 1. The predicted molar refractivity (Wildman–Crippen MR) is 62.6 cm³/mol. The molecule has 2 aromatic rings. The number of halogens is 3. The number of rotatable bonds is 3. The SMILES string of the molecule is CC(C(=O)Nc1cc(C(F)(F)F)ccn1)n1cncn1. The van der Waals surface area contributed by atoms with E-state index >= 15 is 0 Å². The van der Waals surface area contributed by atoms with E-state index < -0.39 is 23.7 Å². The Kier molecular flexibility index (Phi) is 3.68. The van der Waals surface area contributed by atoms with Gasteiger partial charge in [-0.25, -0.2) is 14.6 Å². The minimum Gasteiger partial charge on any atom is -0.309 e. The lowest BCUT2D eigenvalue weighted by atomic mass is 10.2. The van der Waals surface area contributed by atoms with Crippen LogP contribution in [0.5, 0.6) is 0 Å². The zero-order chi connectivity index (χ0) is 14.8. The fourth-order valence-corrected chi connectivity index (χ4v) is 1.44. The number of carbonyl (C=O) groups is 1. The van der Waals surface area contributed by atoms with Crippen LogP contribution >= 0.6 is 0 Å². The summed E-state index contributed by atoms with van der Waals surface area (Å²) in [5.74, 6) is -0.709. The van der Waals surface area contributed by atoms with Crippen LogP contribution in [-0.2, 0) is 11.0 Å². The molecule has 1 amide bonds. The molecule has 2 rings (SSSR count). The summed E-state index contributed by atoms with van der Waals surface area (Å²) in [4.78, 5) is 19.2. The lowest BCUT2D eigenvalue weighted by molar-refractivity contribution is -0.137. The molecule has 106 valence electrons. The summed E-state index contributed by atoms with van der Waals surface area (Å²) >= 11 is 0. The van der Waals surface area contributed by atoms with E-state index in [4.69, 9.17) is 0 Å². The maximum Gasteiger partial charge on any atom is 0.416 e. The maximum atomic E-state index is 12.5. The third kappa shape index (κ3) is 3.11. The summed E-state index contributed by atoms with van der Waals surface area (Å²) in [6.07, 6.45) is -0.908. The second kappa shape index (κ2) is 5.27. The first-order chi connectivity index (χ1) is 9.38. The van der Waals surface area contributed by atoms with Gasteiger partial charge in [0.25, 0.3) is 0 Å². The summed E-state index contributed by atoms with van der Waals surface area (Å²) in [5, 5.41) is 6.08. The van der Waals surface area contributed by atoms with Gasteiger partial charge in [0.1, 0.15) is 24.5 Å². The summed E-state index contributed by atoms with van der Waals surface area (Å²) < 4.78 is 38.9. The van der Waals surface area contributed by atoms with Gasteiger partial charge in [0, 0.05) is 6.20 Å². The number of nitrogens with one attached hydrogen (secondary N) is 1. The van der Waals surface area contributed by atoms with Crippen molar-refractivity contribution in [3.63, 3.8) is 0 Å². The summed E-state index contributed by atoms with van der Waals surface area (Å²) in [6, 6.07) is 0.886. The molecule has 0 aliphatic carbocycles. The Balaban J connectivity index is 2.12. The van der Waals surface area contributed by atoms with Gasteiger partial charge >= 0.3 is 6.18 Å². The lowest BCUT2D eigenvalue weighted by Gasteiger charge is -2.12. The number of anilines is 1. The van der Waals surface area contributed by atoms with Crippen molar-refractivity contribution in [2.24, 2.45) is 0 Å². The van der Waals surface area contributed by atoms with E-state index in [0.717, 1.165) is 18.3 Å². The quantitative estimate of drug-likeness (QED) is 0.934. The van der Waals surface area contributed by atoms with Crippen LogP contribution in [0.25, 0.3) is 0 Å². The van der Waals surface area contributed by atoms with Crippen LogP contribution in [0.1, 0.15) is 18.5 Å². The molecule has 9 heteroatoms. The first-order valence-electron chi connectivity index (χ1n) is 5.56. The minimum atomic E-state index is -4.49. The first kappa shape index (κ1) is 14.0. The molecule has 0 fully saturated rings. The third-order valence-electron chi connectivity index (χ3n) is 2.55. The number of pyridine rings is 1. The molecule has 1 atom stereocenters. The fraction of sp³-hybridized carbons (Fsp3) is 0.273. The highest BCUT2D eigenvalue weighted by Crippen LogP contribution is 2.29. The van der Waals surface area contributed by atoms with E-state index in [0.29, 0.717) is 0 Å². The van der Waals surface area contributed by atoms with E-state index in [1.807, 2.05) is 0 Å². The molecular formula is C11H10F3N5O.